The molecule has 3 nitrogen and oxygen atoms in total. The van der Waals surface area contributed by atoms with Crippen LogP contribution >= 0.6 is 33.1 Å². The van der Waals surface area contributed by atoms with Gasteiger partial charge in [-0.1, -0.05) is 5.92 Å². The van der Waals surface area contributed by atoms with Crippen molar-refractivity contribution in [2.75, 3.05) is 23.5 Å². The molecule has 0 heterocycles. The van der Waals surface area contributed by atoms with E-state index in [0.29, 0.717) is 0 Å². The van der Waals surface area contributed by atoms with Crippen LogP contribution in [0.1, 0.15) is 0 Å². The Morgan fingerprint density at radius 2 is 1.50 bits per heavy atom. The second-order valence-corrected chi connectivity index (χ2v) is 3.34. The molecule has 0 saturated heterocycles. The van der Waals surface area contributed by atoms with Crippen molar-refractivity contribution in [3.8, 4) is 12.3 Å². The molecule has 0 fully saturated rings. The van der Waals surface area contributed by atoms with E-state index in [2.05, 4.69) is 42.1 Å². The van der Waals surface area contributed by atoms with Gasteiger partial charge in [0, 0.05) is 11.5 Å². The molecule has 6 radical (unpaired) electrons. The summed E-state index contributed by atoms with van der Waals surface area (Å²) < 4.78 is 0. The molecule has 0 amide bonds. The quantitative estimate of drug-likeness (QED) is 0.555. The van der Waals surface area contributed by atoms with E-state index < -0.39 is 0 Å². The van der Waals surface area contributed by atoms with Gasteiger partial charge in [0.1, 0.15) is 0 Å². The molecule has 90 valence electrons. The van der Waals surface area contributed by atoms with E-state index in [1.165, 1.54) is 11.5 Å². The van der Waals surface area contributed by atoms with Crippen molar-refractivity contribution in [1.82, 2.24) is 0 Å². The monoisotopic (exact) mass is 362 g/mol. The molecule has 0 aliphatic carbocycles. The Bertz CT molecular complexity index is 121. The fourth-order valence-corrected chi connectivity index (χ4v) is 1.67. The normalized spacial score (nSPS) is 5.38. The van der Waals surface area contributed by atoms with Gasteiger partial charge in [-0.15, -0.1) is 18.2 Å². The molecule has 0 atom stereocenters. The van der Waals surface area contributed by atoms with Gasteiger partial charge in [-0.3, -0.25) is 14.4 Å². The van der Waals surface area contributed by atoms with E-state index in [0.717, 1.165) is 5.75 Å². The Morgan fingerprint density at radius 3 is 1.75 bits per heavy atom. The van der Waals surface area contributed by atoms with Crippen LogP contribution in [0.5, 0.6) is 0 Å². The zero-order valence-corrected chi connectivity index (χ0v) is 12.7. The fourth-order valence-electron chi connectivity index (χ4n) is 0.273. The Labute approximate surface area is 121 Å². The maximum atomic E-state index is 7.50. The van der Waals surface area contributed by atoms with Crippen molar-refractivity contribution in [2.24, 2.45) is 0 Å². The summed E-state index contributed by atoms with van der Waals surface area (Å²) >= 11 is 5.31. The molecule has 0 aromatic carbocycles. The molecular weight excluding hydrogens is 354 g/mol. The summed E-state index contributed by atoms with van der Waals surface area (Å²) in [5, 5.41) is 0. The summed E-state index contributed by atoms with van der Waals surface area (Å²) in [6.07, 6.45) is 7.14. The van der Waals surface area contributed by atoms with E-state index in [1.54, 1.807) is 17.9 Å². The van der Waals surface area contributed by atoms with Gasteiger partial charge in [-0.05, 0) is 6.26 Å². The van der Waals surface area contributed by atoms with Gasteiger partial charge in [0.2, 0.25) is 0 Å². The van der Waals surface area contributed by atoms with Crippen LogP contribution in [-0.2, 0) is 32.3 Å². The number of rotatable bonds is 4. The first-order valence-electron chi connectivity index (χ1n) is 3.17. The Hall–Kier alpha value is 0.209. The predicted octanol–water partition coefficient (Wildman–Crippen LogP) is 1.21. The molecule has 0 unspecified atom stereocenters. The summed E-state index contributed by atoms with van der Waals surface area (Å²) in [5.41, 5.74) is 0. The number of halogens is 1. The maximum absolute atomic E-state index is 7.50. The fraction of sp³-hybridized carbons (Fsp3) is 0.444. The third-order valence-corrected chi connectivity index (χ3v) is 2.35. The van der Waals surface area contributed by atoms with Crippen LogP contribution in [0, 0.1) is 12.3 Å². The second-order valence-electron chi connectivity index (χ2n) is 1.25. The van der Waals surface area contributed by atoms with Crippen LogP contribution in [0.2, 0.25) is 0 Å². The molecule has 0 rings (SSSR count). The van der Waals surface area contributed by atoms with Gasteiger partial charge >= 0.3 is 27.5 Å². The van der Waals surface area contributed by atoms with Crippen molar-refractivity contribution >= 4 is 53.5 Å². The van der Waals surface area contributed by atoms with Gasteiger partial charge in [0.05, 0.1) is 5.75 Å². The number of hydrogen-bond acceptors (Lipinski definition) is 5. The minimum atomic E-state index is 0.862. The summed E-state index contributed by atoms with van der Waals surface area (Å²) in [7, 11) is 4.61. The van der Waals surface area contributed by atoms with Crippen LogP contribution in [0.15, 0.2) is 0 Å². The molecule has 0 aliphatic rings. The molecular formula is C9H10ClO3S2Tc. The minimum absolute atomic E-state index is 0.862. The average molecular weight is 364 g/mol. The molecule has 0 aromatic heterocycles. The van der Waals surface area contributed by atoms with Crippen molar-refractivity contribution < 1.29 is 32.3 Å². The van der Waals surface area contributed by atoms with Gasteiger partial charge in [-0.25, -0.2) is 0 Å². The van der Waals surface area contributed by atoms with Crippen molar-refractivity contribution in [2.45, 2.75) is 0 Å². The molecule has 0 aromatic rings. The van der Waals surface area contributed by atoms with Crippen LogP contribution in [0.25, 0.3) is 0 Å². The average Bonchev–Trinajstić information content (AvgIpc) is 2.44. The van der Waals surface area contributed by atoms with Gasteiger partial charge in [0.25, 0.3) is 20.4 Å². The molecule has 0 spiro atoms. The predicted molar refractivity (Wildman–Crippen MR) is 67.5 cm³/mol. The van der Waals surface area contributed by atoms with Crippen LogP contribution < -0.4 is 0 Å². The van der Waals surface area contributed by atoms with Gasteiger partial charge in [-0.2, -0.15) is 11.8 Å². The zero-order chi connectivity index (χ0) is 14.2. The number of thioether (sulfide) groups is 2. The summed E-state index contributed by atoms with van der Waals surface area (Å²) in [4.78, 5) is 22.5. The first-order valence-corrected chi connectivity index (χ1v) is 8.11. The molecule has 0 aliphatic heterocycles. The van der Waals surface area contributed by atoms with E-state index in [4.69, 9.17) is 20.8 Å². The third kappa shape index (κ3) is 91.4. The SMILES string of the molecule is C#CCSCCSC.[C]=O.[C]=O.[C]=O.[Cl][Tc]. The molecule has 7 heteroatoms. The van der Waals surface area contributed by atoms with Crippen molar-refractivity contribution in [3.63, 3.8) is 0 Å². The van der Waals surface area contributed by atoms with E-state index in [1.807, 2.05) is 23.5 Å². The first kappa shape index (κ1) is 29.8. The standard InChI is InChI=1S/C6H10S2.3CO.ClH.Tc/c1-3-4-8-6-5-7-2;3*1-2;;/h1H,4-6H2,2H3;;;;1H;/q;;;;;+1/p-1. The topological polar surface area (TPSA) is 51.2 Å². The number of hydrogen-bond donors (Lipinski definition) is 0. The number of terminal acetylenes is 1. The van der Waals surface area contributed by atoms with Crippen LogP contribution in [0.3, 0.4) is 0 Å². The number of carbonyl (C=O) groups excluding carboxylic acids is 3. The Morgan fingerprint density at radius 1 is 1.12 bits per heavy atom. The molecule has 16 heavy (non-hydrogen) atoms. The van der Waals surface area contributed by atoms with E-state index in [9.17, 15) is 0 Å². The van der Waals surface area contributed by atoms with E-state index in [-0.39, 0.29) is 0 Å². The summed E-state index contributed by atoms with van der Waals surface area (Å²) in [6, 6.07) is 0. The first-order chi connectivity index (χ1) is 7.91. The summed E-state index contributed by atoms with van der Waals surface area (Å²) in [6.45, 7) is 13.5. The molecule has 0 bridgehead atoms. The van der Waals surface area contributed by atoms with Crippen molar-refractivity contribution in [1.29, 1.82) is 0 Å². The van der Waals surface area contributed by atoms with Crippen LogP contribution in [0.4, 0.5) is 0 Å². The van der Waals surface area contributed by atoms with Crippen LogP contribution in [-0.4, -0.2) is 43.9 Å². The van der Waals surface area contributed by atoms with Gasteiger partial charge < -0.3 is 0 Å². The molecule has 0 saturated carbocycles. The Kier molecular flexibility index (Phi) is 149. The van der Waals surface area contributed by atoms with Crippen molar-refractivity contribution in [3.05, 3.63) is 0 Å². The zero-order valence-electron chi connectivity index (χ0n) is 8.50. The van der Waals surface area contributed by atoms with Gasteiger partial charge in [0.15, 0.2) is 0 Å². The summed E-state index contributed by atoms with van der Waals surface area (Å²) in [5.74, 6) is 5.84. The molecule has 0 N–H and O–H groups in total. The third-order valence-electron chi connectivity index (χ3n) is 0.617. The van der Waals surface area contributed by atoms with E-state index >= 15 is 0 Å². The second kappa shape index (κ2) is 79.6. The Balaban J connectivity index is -0.0000000426.